The molecule has 11 nitrogen and oxygen atoms in total. The van der Waals surface area contributed by atoms with E-state index in [1.807, 2.05) is 19.2 Å². The highest BCUT2D eigenvalue weighted by atomic mass is 32.1. The van der Waals surface area contributed by atoms with Crippen LogP contribution in [0.2, 0.25) is 0 Å². The number of ether oxygens (including phenoxy) is 2. The van der Waals surface area contributed by atoms with Gasteiger partial charge in [0.2, 0.25) is 5.91 Å². The van der Waals surface area contributed by atoms with Gasteiger partial charge in [0.05, 0.1) is 28.5 Å². The first-order valence-electron chi connectivity index (χ1n) is 10.1. The van der Waals surface area contributed by atoms with Crippen molar-refractivity contribution < 1.29 is 24.0 Å². The summed E-state index contributed by atoms with van der Waals surface area (Å²) in [6.07, 6.45) is 0.308. The fourth-order valence-corrected chi connectivity index (χ4v) is 4.58. The second-order valence-corrected chi connectivity index (χ2v) is 8.68. The number of carbonyl (C=O) groups excluding carboxylic acids is 2. The van der Waals surface area contributed by atoms with Gasteiger partial charge >= 0.3 is 0 Å². The molecule has 1 aromatic heterocycles. The van der Waals surface area contributed by atoms with Crippen molar-refractivity contribution >= 4 is 39.7 Å². The number of fused-ring (bicyclic) bond motifs is 1. The van der Waals surface area contributed by atoms with Crippen LogP contribution in [0.3, 0.4) is 0 Å². The molecule has 4 rings (SSSR count). The van der Waals surface area contributed by atoms with Crippen molar-refractivity contribution in [1.29, 1.82) is 0 Å². The Balaban J connectivity index is 1.40. The first-order chi connectivity index (χ1) is 15.3. The van der Waals surface area contributed by atoms with E-state index in [9.17, 15) is 19.7 Å². The highest BCUT2D eigenvalue weighted by molar-refractivity contribution is 7.13. The Bertz CT molecular complexity index is 1030. The van der Waals surface area contributed by atoms with Crippen molar-refractivity contribution in [3.8, 4) is 5.75 Å². The zero-order valence-electron chi connectivity index (χ0n) is 17.6. The van der Waals surface area contributed by atoms with Gasteiger partial charge in [-0.25, -0.2) is 4.98 Å². The van der Waals surface area contributed by atoms with Crippen molar-refractivity contribution in [3.05, 3.63) is 39.4 Å². The third kappa shape index (κ3) is 5.03. The highest BCUT2D eigenvalue weighted by Gasteiger charge is 2.29. The lowest BCUT2D eigenvalue weighted by Gasteiger charge is -2.34. The molecule has 2 unspecified atom stereocenters. The minimum absolute atomic E-state index is 0.154. The van der Waals surface area contributed by atoms with Crippen molar-refractivity contribution in [2.75, 3.05) is 36.5 Å². The van der Waals surface area contributed by atoms with Crippen LogP contribution in [-0.2, 0) is 20.9 Å². The average molecular weight is 462 g/mol. The van der Waals surface area contributed by atoms with E-state index in [1.165, 1.54) is 34.4 Å². The lowest BCUT2D eigenvalue weighted by molar-refractivity contribution is -0.384. The summed E-state index contributed by atoms with van der Waals surface area (Å²) in [6, 6.07) is 3.94. The molecule has 0 bridgehead atoms. The van der Waals surface area contributed by atoms with E-state index < -0.39 is 16.7 Å². The molecule has 3 heterocycles. The van der Waals surface area contributed by atoms with Gasteiger partial charge in [0.15, 0.2) is 11.7 Å². The maximum Gasteiger partial charge on any atom is 0.271 e. The molecule has 0 radical (unpaired) electrons. The summed E-state index contributed by atoms with van der Waals surface area (Å²) < 4.78 is 11.1. The van der Waals surface area contributed by atoms with Crippen LogP contribution in [-0.4, -0.2) is 65.1 Å². The predicted octanol–water partition coefficient (Wildman–Crippen LogP) is 2.02. The number of thiazole rings is 1. The minimum atomic E-state index is -0.565. The third-order valence-corrected chi connectivity index (χ3v) is 5.88. The number of carbonyl (C=O) groups is 2. The maximum atomic E-state index is 12.6. The molecule has 2 aliphatic rings. The predicted molar refractivity (Wildman–Crippen MR) is 117 cm³/mol. The number of non-ortho nitro benzene ring substituents is 1. The average Bonchev–Trinajstić information content (AvgIpc) is 3.15. The summed E-state index contributed by atoms with van der Waals surface area (Å²) in [5, 5.41) is 16.1. The standard InChI is InChI=1S/C20H23N5O6S/c1-12-6-23(7-13(2)31-12)8-14-11-32-20(21-14)22-18(26)9-24-16-5-15(25(28)29)3-4-17(16)30-10-19(24)27/h3-5,11-13H,6-10H2,1-2H3,(H,21,22,26). The molecule has 32 heavy (non-hydrogen) atoms. The monoisotopic (exact) mass is 461 g/mol. The molecule has 0 aliphatic carbocycles. The second kappa shape index (κ2) is 9.18. The van der Waals surface area contributed by atoms with Gasteiger partial charge in [-0.1, -0.05) is 0 Å². The number of benzene rings is 1. The molecule has 2 aromatic rings. The molecular formula is C20H23N5O6S. The van der Waals surface area contributed by atoms with Gasteiger partial charge in [-0.3, -0.25) is 29.5 Å². The van der Waals surface area contributed by atoms with Gasteiger partial charge in [-0.05, 0) is 19.9 Å². The number of aromatic nitrogens is 1. The molecule has 1 saturated heterocycles. The van der Waals surface area contributed by atoms with Gasteiger partial charge in [0.1, 0.15) is 12.3 Å². The van der Waals surface area contributed by atoms with Gasteiger partial charge in [0.25, 0.3) is 11.6 Å². The lowest BCUT2D eigenvalue weighted by atomic mass is 10.2. The van der Waals surface area contributed by atoms with Crippen molar-refractivity contribution in [2.24, 2.45) is 0 Å². The molecule has 170 valence electrons. The number of anilines is 2. The van der Waals surface area contributed by atoms with E-state index >= 15 is 0 Å². The summed E-state index contributed by atoms with van der Waals surface area (Å²) in [5.74, 6) is -0.593. The van der Waals surface area contributed by atoms with Gasteiger partial charge in [-0.15, -0.1) is 11.3 Å². The molecule has 1 N–H and O–H groups in total. The van der Waals surface area contributed by atoms with E-state index in [4.69, 9.17) is 9.47 Å². The quantitative estimate of drug-likeness (QED) is 0.511. The molecule has 12 heteroatoms. The summed E-state index contributed by atoms with van der Waals surface area (Å²) in [4.78, 5) is 43.4. The van der Waals surface area contributed by atoms with E-state index in [2.05, 4.69) is 15.2 Å². The molecule has 2 amide bonds. The SMILES string of the molecule is CC1CN(Cc2csc(NC(=O)CN3C(=O)COc4ccc([N+](=O)[O-])cc43)n2)CC(C)O1. The summed E-state index contributed by atoms with van der Waals surface area (Å²) in [7, 11) is 0. The van der Waals surface area contributed by atoms with Crippen molar-refractivity contribution in [1.82, 2.24) is 9.88 Å². The van der Waals surface area contributed by atoms with Gasteiger partial charge in [-0.2, -0.15) is 0 Å². The zero-order chi connectivity index (χ0) is 22.8. The fraction of sp³-hybridized carbons (Fsp3) is 0.450. The first kappa shape index (κ1) is 22.1. The summed E-state index contributed by atoms with van der Waals surface area (Å²) in [5.41, 5.74) is 0.847. The summed E-state index contributed by atoms with van der Waals surface area (Å²) >= 11 is 1.30. The van der Waals surface area contributed by atoms with Crippen LogP contribution < -0.4 is 15.0 Å². The number of hydrogen-bond donors (Lipinski definition) is 1. The topological polar surface area (TPSA) is 127 Å². The maximum absolute atomic E-state index is 12.6. The normalized spacial score (nSPS) is 21.1. The van der Waals surface area contributed by atoms with Gasteiger partial charge in [0, 0.05) is 37.1 Å². The number of nitro groups is 1. The number of hydrogen-bond acceptors (Lipinski definition) is 9. The Labute approximate surface area is 188 Å². The van der Waals surface area contributed by atoms with Crippen LogP contribution in [0.5, 0.6) is 5.75 Å². The van der Waals surface area contributed by atoms with Crippen LogP contribution in [0.4, 0.5) is 16.5 Å². The zero-order valence-corrected chi connectivity index (χ0v) is 18.5. The largest absolute Gasteiger partial charge is 0.482 e. The Morgan fingerprint density at radius 1 is 1.34 bits per heavy atom. The molecule has 0 saturated carbocycles. The second-order valence-electron chi connectivity index (χ2n) is 7.82. The molecule has 2 atom stereocenters. The van der Waals surface area contributed by atoms with Crippen molar-refractivity contribution in [3.63, 3.8) is 0 Å². The Hall–Kier alpha value is -3.09. The number of amides is 2. The molecule has 2 aliphatic heterocycles. The minimum Gasteiger partial charge on any atom is -0.482 e. The van der Waals surface area contributed by atoms with Crippen LogP contribution in [0.25, 0.3) is 0 Å². The smallest absolute Gasteiger partial charge is 0.271 e. The summed E-state index contributed by atoms with van der Waals surface area (Å²) in [6.45, 7) is 5.82. The Kier molecular flexibility index (Phi) is 6.35. The highest BCUT2D eigenvalue weighted by Crippen LogP contribution is 2.35. The number of rotatable bonds is 6. The van der Waals surface area contributed by atoms with Crippen LogP contribution in [0, 0.1) is 10.1 Å². The van der Waals surface area contributed by atoms with Crippen LogP contribution in [0.15, 0.2) is 23.6 Å². The third-order valence-electron chi connectivity index (χ3n) is 5.08. The van der Waals surface area contributed by atoms with Gasteiger partial charge < -0.3 is 14.8 Å². The van der Waals surface area contributed by atoms with Crippen LogP contribution >= 0.6 is 11.3 Å². The van der Waals surface area contributed by atoms with E-state index in [-0.39, 0.29) is 36.7 Å². The molecule has 1 aromatic carbocycles. The van der Waals surface area contributed by atoms with E-state index in [1.54, 1.807) is 0 Å². The van der Waals surface area contributed by atoms with Crippen LogP contribution in [0.1, 0.15) is 19.5 Å². The van der Waals surface area contributed by atoms with Crippen molar-refractivity contribution in [2.45, 2.75) is 32.6 Å². The Morgan fingerprint density at radius 2 is 2.09 bits per heavy atom. The number of nitrogens with one attached hydrogen (secondary N) is 1. The molecular weight excluding hydrogens is 438 g/mol. The van der Waals surface area contributed by atoms with E-state index in [0.29, 0.717) is 17.4 Å². The molecule has 0 spiro atoms. The lowest BCUT2D eigenvalue weighted by Crippen LogP contribution is -2.44. The number of morpholine rings is 1. The van der Waals surface area contributed by atoms with E-state index in [0.717, 1.165) is 18.8 Å². The Morgan fingerprint density at radius 3 is 2.81 bits per heavy atom. The fourth-order valence-electron chi connectivity index (χ4n) is 3.86. The number of nitro benzene ring substituents is 1. The number of nitrogens with zero attached hydrogens (tertiary/aromatic N) is 4. The first-order valence-corrected chi connectivity index (χ1v) is 11.0. The molecule has 1 fully saturated rings.